The van der Waals surface area contributed by atoms with Gasteiger partial charge in [-0.2, -0.15) is 0 Å². The Labute approximate surface area is 102 Å². The topological polar surface area (TPSA) is 21.3 Å². The zero-order chi connectivity index (χ0) is 11.4. The van der Waals surface area contributed by atoms with E-state index in [0.29, 0.717) is 21.8 Å². The van der Waals surface area contributed by atoms with Gasteiger partial charge in [-0.05, 0) is 35.0 Å². The van der Waals surface area contributed by atoms with Crippen molar-refractivity contribution in [3.63, 3.8) is 0 Å². The van der Waals surface area contributed by atoms with Crippen LogP contribution in [0.3, 0.4) is 0 Å². The third-order valence-corrected chi connectivity index (χ3v) is 2.74. The Balaban J connectivity index is 2.85. The van der Waals surface area contributed by atoms with E-state index in [9.17, 15) is 4.39 Å². The van der Waals surface area contributed by atoms with Crippen LogP contribution in [0.5, 0.6) is 0 Å². The zero-order valence-corrected chi connectivity index (χ0v) is 10.8. The van der Waals surface area contributed by atoms with Crippen LogP contribution < -0.4 is 5.32 Å². The van der Waals surface area contributed by atoms with Gasteiger partial charge in [0.25, 0.3) is 0 Å². The molecule has 1 unspecified atom stereocenters. The van der Waals surface area contributed by atoms with E-state index in [0.717, 1.165) is 0 Å². The molecule has 2 nitrogen and oxygen atoms in total. The van der Waals surface area contributed by atoms with Gasteiger partial charge in [-0.3, -0.25) is 0 Å². The SMILES string of the molecule is COCC(C)Nc1c(Cl)cc(F)cc1Br. The fraction of sp³-hybridized carbons (Fsp3) is 0.400. The Morgan fingerprint density at radius 1 is 1.60 bits per heavy atom. The van der Waals surface area contributed by atoms with Crippen LogP contribution in [-0.2, 0) is 4.74 Å². The molecule has 1 aromatic carbocycles. The van der Waals surface area contributed by atoms with E-state index >= 15 is 0 Å². The summed E-state index contributed by atoms with van der Waals surface area (Å²) >= 11 is 9.16. The Kier molecular flexibility index (Phi) is 4.83. The predicted molar refractivity (Wildman–Crippen MR) is 64.1 cm³/mol. The van der Waals surface area contributed by atoms with E-state index in [-0.39, 0.29) is 11.9 Å². The van der Waals surface area contributed by atoms with Gasteiger partial charge in [-0.15, -0.1) is 0 Å². The van der Waals surface area contributed by atoms with Crippen LogP contribution in [0, 0.1) is 5.82 Å². The zero-order valence-electron chi connectivity index (χ0n) is 8.48. The summed E-state index contributed by atoms with van der Waals surface area (Å²) in [5.74, 6) is -0.364. The number of hydrogen-bond acceptors (Lipinski definition) is 2. The van der Waals surface area contributed by atoms with Crippen LogP contribution in [0.1, 0.15) is 6.92 Å². The summed E-state index contributed by atoms with van der Waals surface area (Å²) in [6, 6.07) is 2.75. The van der Waals surface area contributed by atoms with Crippen LogP contribution in [0.15, 0.2) is 16.6 Å². The first kappa shape index (κ1) is 12.7. The lowest BCUT2D eigenvalue weighted by Gasteiger charge is -2.16. The van der Waals surface area contributed by atoms with E-state index in [1.54, 1.807) is 7.11 Å². The minimum absolute atomic E-state index is 0.106. The Bertz CT molecular complexity index is 325. The molecule has 15 heavy (non-hydrogen) atoms. The molecule has 0 aromatic heterocycles. The quantitative estimate of drug-likeness (QED) is 0.915. The molecule has 0 aliphatic rings. The Hall–Kier alpha value is -0.320. The number of hydrogen-bond donors (Lipinski definition) is 1. The predicted octanol–water partition coefficient (Wildman–Crippen LogP) is 3.69. The maximum absolute atomic E-state index is 12.9. The molecule has 1 atom stereocenters. The highest BCUT2D eigenvalue weighted by atomic mass is 79.9. The first-order valence-corrected chi connectivity index (χ1v) is 5.61. The van der Waals surface area contributed by atoms with Gasteiger partial charge in [0, 0.05) is 17.6 Å². The number of nitrogens with one attached hydrogen (secondary N) is 1. The van der Waals surface area contributed by atoms with Gasteiger partial charge in [-0.25, -0.2) is 4.39 Å². The van der Waals surface area contributed by atoms with Gasteiger partial charge in [-0.1, -0.05) is 11.6 Å². The molecule has 1 rings (SSSR count). The lowest BCUT2D eigenvalue weighted by atomic mass is 10.2. The molecule has 84 valence electrons. The molecule has 0 amide bonds. The van der Waals surface area contributed by atoms with Gasteiger partial charge in [0.1, 0.15) is 5.82 Å². The summed E-state index contributed by atoms with van der Waals surface area (Å²) in [6.07, 6.45) is 0. The van der Waals surface area contributed by atoms with E-state index < -0.39 is 0 Å². The minimum Gasteiger partial charge on any atom is -0.383 e. The second-order valence-electron chi connectivity index (χ2n) is 3.25. The van der Waals surface area contributed by atoms with Crippen LogP contribution in [-0.4, -0.2) is 19.8 Å². The van der Waals surface area contributed by atoms with Crippen molar-refractivity contribution in [3.8, 4) is 0 Å². The van der Waals surface area contributed by atoms with Crippen LogP contribution >= 0.6 is 27.5 Å². The third kappa shape index (κ3) is 3.63. The molecule has 0 radical (unpaired) electrons. The second kappa shape index (κ2) is 5.68. The maximum atomic E-state index is 12.9. The van der Waals surface area contributed by atoms with E-state index in [4.69, 9.17) is 16.3 Å². The van der Waals surface area contributed by atoms with E-state index in [1.807, 2.05) is 6.92 Å². The largest absolute Gasteiger partial charge is 0.383 e. The van der Waals surface area contributed by atoms with E-state index in [2.05, 4.69) is 21.2 Å². The first-order valence-electron chi connectivity index (χ1n) is 4.44. The molecular formula is C10H12BrClFNO. The highest BCUT2D eigenvalue weighted by molar-refractivity contribution is 9.10. The summed E-state index contributed by atoms with van der Waals surface area (Å²) in [7, 11) is 1.62. The molecule has 1 aromatic rings. The molecule has 0 saturated heterocycles. The van der Waals surface area contributed by atoms with Crippen LogP contribution in [0.4, 0.5) is 10.1 Å². The summed E-state index contributed by atoms with van der Waals surface area (Å²) in [6.45, 7) is 2.51. The van der Waals surface area contributed by atoms with Gasteiger partial charge in [0.2, 0.25) is 0 Å². The highest BCUT2D eigenvalue weighted by Gasteiger charge is 2.10. The van der Waals surface area contributed by atoms with Crippen molar-refractivity contribution in [3.05, 3.63) is 27.4 Å². The normalized spacial score (nSPS) is 12.6. The van der Waals surface area contributed by atoms with Crippen molar-refractivity contribution < 1.29 is 9.13 Å². The average molecular weight is 297 g/mol. The smallest absolute Gasteiger partial charge is 0.125 e. The third-order valence-electron chi connectivity index (χ3n) is 1.81. The summed E-state index contributed by atoms with van der Waals surface area (Å²) in [5, 5.41) is 3.49. The first-order chi connectivity index (χ1) is 7.04. The molecule has 0 bridgehead atoms. The molecule has 5 heteroatoms. The molecule has 0 heterocycles. The lowest BCUT2D eigenvalue weighted by Crippen LogP contribution is -2.21. The Morgan fingerprint density at radius 2 is 2.27 bits per heavy atom. The lowest BCUT2D eigenvalue weighted by molar-refractivity contribution is 0.190. The molecule has 0 fully saturated rings. The Morgan fingerprint density at radius 3 is 2.80 bits per heavy atom. The van der Waals surface area contributed by atoms with Gasteiger partial charge in [0.05, 0.1) is 17.3 Å². The van der Waals surface area contributed by atoms with Crippen LogP contribution in [0.25, 0.3) is 0 Å². The van der Waals surface area contributed by atoms with Crippen molar-refractivity contribution >= 4 is 33.2 Å². The number of halogens is 3. The number of ether oxygens (including phenoxy) is 1. The number of methoxy groups -OCH3 is 1. The molecule has 0 spiro atoms. The van der Waals surface area contributed by atoms with Gasteiger partial charge < -0.3 is 10.1 Å². The van der Waals surface area contributed by atoms with Crippen molar-refractivity contribution in [1.82, 2.24) is 0 Å². The fourth-order valence-electron chi connectivity index (χ4n) is 1.22. The monoisotopic (exact) mass is 295 g/mol. The second-order valence-corrected chi connectivity index (χ2v) is 4.51. The van der Waals surface area contributed by atoms with Crippen LogP contribution in [0.2, 0.25) is 5.02 Å². The summed E-state index contributed by atoms with van der Waals surface area (Å²) < 4.78 is 18.5. The molecular weight excluding hydrogens is 284 g/mol. The molecule has 0 saturated carbocycles. The summed E-state index contributed by atoms with van der Waals surface area (Å²) in [4.78, 5) is 0. The molecule has 0 aliphatic carbocycles. The highest BCUT2D eigenvalue weighted by Crippen LogP contribution is 2.32. The average Bonchev–Trinajstić information content (AvgIpc) is 2.11. The van der Waals surface area contributed by atoms with Crippen molar-refractivity contribution in [2.75, 3.05) is 19.0 Å². The summed E-state index contributed by atoms with van der Waals surface area (Å²) in [5.41, 5.74) is 0.683. The number of rotatable bonds is 4. The number of anilines is 1. The minimum atomic E-state index is -0.364. The molecule has 1 N–H and O–H groups in total. The van der Waals surface area contributed by atoms with Gasteiger partial charge in [0.15, 0.2) is 0 Å². The maximum Gasteiger partial charge on any atom is 0.125 e. The van der Waals surface area contributed by atoms with E-state index in [1.165, 1.54) is 12.1 Å². The molecule has 0 aliphatic heterocycles. The fourth-order valence-corrected chi connectivity index (χ4v) is 2.14. The van der Waals surface area contributed by atoms with Gasteiger partial charge >= 0.3 is 0 Å². The van der Waals surface area contributed by atoms with Crippen molar-refractivity contribution in [1.29, 1.82) is 0 Å². The standard InChI is InChI=1S/C10H12BrClFNO/c1-6(5-15-2)14-10-8(11)3-7(13)4-9(10)12/h3-4,6,14H,5H2,1-2H3. The van der Waals surface area contributed by atoms with Crippen molar-refractivity contribution in [2.24, 2.45) is 0 Å². The van der Waals surface area contributed by atoms with Crippen molar-refractivity contribution in [2.45, 2.75) is 13.0 Å². The number of benzene rings is 1.